The fourth-order valence-corrected chi connectivity index (χ4v) is 8.18. The van der Waals surface area contributed by atoms with Gasteiger partial charge in [-0.05, 0) is 113 Å². The lowest BCUT2D eigenvalue weighted by Crippen LogP contribution is -2.41. The van der Waals surface area contributed by atoms with Crippen LogP contribution in [0.1, 0.15) is 158 Å². The number of hydrogen-bond acceptors (Lipinski definition) is 4. The molecule has 2 aromatic rings. The van der Waals surface area contributed by atoms with E-state index in [1.165, 1.54) is 73.6 Å². The van der Waals surface area contributed by atoms with Crippen LogP contribution in [0.5, 0.6) is 0 Å². The first-order chi connectivity index (χ1) is 22.0. The molecular formula is C41H64B2O4. The standard InChI is InChI=1S/C41H64B2O4/c1-13-17-19-29(15-3)27-41(28-30(16-4)20-18-14-2)35-25-31(42-44-37(5,6)38(7,8)45-42)21-23-33(35)34-24-22-32(26-36(34)41)43-46-39(9,10)40(11,12)47-43/h21-26,29-30H,13-20,27-28H2,1-12H3/t29-,30+. The third-order valence-electron chi connectivity index (χ3n) is 12.8. The Labute approximate surface area is 288 Å². The highest BCUT2D eigenvalue weighted by Gasteiger charge is 2.54. The number of fused-ring (bicyclic) bond motifs is 3. The Morgan fingerprint density at radius 3 is 1.17 bits per heavy atom. The third kappa shape index (κ3) is 6.80. The van der Waals surface area contributed by atoms with Crippen LogP contribution >= 0.6 is 0 Å². The van der Waals surface area contributed by atoms with E-state index in [-0.39, 0.29) is 42.1 Å². The van der Waals surface area contributed by atoms with Crippen molar-refractivity contribution in [1.29, 1.82) is 0 Å². The van der Waals surface area contributed by atoms with Crippen LogP contribution in [0, 0.1) is 11.8 Å². The highest BCUT2D eigenvalue weighted by atomic mass is 16.7. The van der Waals surface area contributed by atoms with Crippen LogP contribution in [0.2, 0.25) is 0 Å². The van der Waals surface area contributed by atoms with E-state index in [1.54, 1.807) is 0 Å². The lowest BCUT2D eigenvalue weighted by atomic mass is 9.63. The van der Waals surface area contributed by atoms with E-state index in [0.29, 0.717) is 11.8 Å². The summed E-state index contributed by atoms with van der Waals surface area (Å²) >= 11 is 0. The molecule has 6 heteroatoms. The zero-order chi connectivity index (χ0) is 34.4. The molecule has 3 aliphatic rings. The second-order valence-corrected chi connectivity index (χ2v) is 17.1. The van der Waals surface area contributed by atoms with Crippen LogP contribution in [0.4, 0.5) is 0 Å². The van der Waals surface area contributed by atoms with Gasteiger partial charge in [0, 0.05) is 5.41 Å². The minimum absolute atomic E-state index is 0.104. The smallest absolute Gasteiger partial charge is 0.399 e. The molecule has 2 heterocycles. The topological polar surface area (TPSA) is 36.9 Å². The van der Waals surface area contributed by atoms with Crippen molar-refractivity contribution < 1.29 is 18.6 Å². The summed E-state index contributed by atoms with van der Waals surface area (Å²) in [6, 6.07) is 14.2. The van der Waals surface area contributed by atoms with Crippen LogP contribution in [0.3, 0.4) is 0 Å². The number of benzene rings is 2. The highest BCUT2D eigenvalue weighted by molar-refractivity contribution is 6.62. The van der Waals surface area contributed by atoms with Crippen molar-refractivity contribution >= 4 is 25.2 Å². The van der Waals surface area contributed by atoms with Gasteiger partial charge in [-0.2, -0.15) is 0 Å². The van der Waals surface area contributed by atoms with Crippen LogP contribution < -0.4 is 10.9 Å². The molecule has 2 fully saturated rings. The molecule has 47 heavy (non-hydrogen) atoms. The molecule has 2 aliphatic heterocycles. The van der Waals surface area contributed by atoms with E-state index in [1.807, 2.05) is 0 Å². The molecule has 0 unspecified atom stereocenters. The summed E-state index contributed by atoms with van der Waals surface area (Å²) in [7, 11) is -0.757. The summed E-state index contributed by atoms with van der Waals surface area (Å²) in [5.41, 5.74) is 6.32. The Hall–Kier alpha value is -1.59. The normalized spacial score (nSPS) is 22.7. The van der Waals surface area contributed by atoms with Gasteiger partial charge in [0.25, 0.3) is 0 Å². The summed E-state index contributed by atoms with van der Waals surface area (Å²) < 4.78 is 26.5. The molecule has 0 radical (unpaired) electrons. The van der Waals surface area contributed by atoms with Crippen molar-refractivity contribution in [2.24, 2.45) is 11.8 Å². The fourth-order valence-electron chi connectivity index (χ4n) is 8.18. The number of hydrogen-bond donors (Lipinski definition) is 0. The quantitative estimate of drug-likeness (QED) is 0.192. The Kier molecular flexibility index (Phi) is 10.6. The SMILES string of the molecule is CCCC[C@@H](CC)CC1(C[C@@H](CC)CCCC)c2cc(B3OC(C)(C)C(C)(C)O3)ccc2-c2ccc(B3OC(C)(C)C(C)(C)O3)cc21. The van der Waals surface area contributed by atoms with Gasteiger partial charge in [0.15, 0.2) is 0 Å². The average Bonchev–Trinajstić information content (AvgIpc) is 3.51. The molecule has 2 atom stereocenters. The monoisotopic (exact) mass is 642 g/mol. The third-order valence-corrected chi connectivity index (χ3v) is 12.8. The second-order valence-electron chi connectivity index (χ2n) is 17.1. The van der Waals surface area contributed by atoms with Crippen LogP contribution in [-0.4, -0.2) is 36.6 Å². The van der Waals surface area contributed by atoms with Gasteiger partial charge >= 0.3 is 14.2 Å². The van der Waals surface area contributed by atoms with Gasteiger partial charge in [-0.25, -0.2) is 0 Å². The molecule has 4 nitrogen and oxygen atoms in total. The lowest BCUT2D eigenvalue weighted by molar-refractivity contribution is 0.00578. The molecular weight excluding hydrogens is 578 g/mol. The summed E-state index contributed by atoms with van der Waals surface area (Å²) in [4.78, 5) is 0. The molecule has 2 saturated heterocycles. The zero-order valence-electron chi connectivity index (χ0n) is 32.0. The molecule has 0 amide bonds. The minimum atomic E-state index is -0.380. The molecule has 5 rings (SSSR count). The molecule has 2 aromatic carbocycles. The minimum Gasteiger partial charge on any atom is -0.399 e. The summed E-state index contributed by atoms with van der Waals surface area (Å²) in [6.45, 7) is 26.7. The van der Waals surface area contributed by atoms with E-state index in [4.69, 9.17) is 18.6 Å². The van der Waals surface area contributed by atoms with Crippen molar-refractivity contribution in [1.82, 2.24) is 0 Å². The van der Waals surface area contributed by atoms with E-state index in [0.717, 1.165) is 23.8 Å². The van der Waals surface area contributed by atoms with Gasteiger partial charge in [0.1, 0.15) is 0 Å². The first-order valence-electron chi connectivity index (χ1n) is 19.0. The van der Waals surface area contributed by atoms with E-state index in [2.05, 4.69) is 119 Å². The van der Waals surface area contributed by atoms with Gasteiger partial charge in [0.2, 0.25) is 0 Å². The van der Waals surface area contributed by atoms with Gasteiger partial charge in [-0.1, -0.05) is 115 Å². The molecule has 258 valence electrons. The Bertz CT molecular complexity index is 1260. The van der Waals surface area contributed by atoms with Gasteiger partial charge in [-0.3, -0.25) is 0 Å². The zero-order valence-corrected chi connectivity index (χ0v) is 32.0. The lowest BCUT2D eigenvalue weighted by Gasteiger charge is -2.39. The fraction of sp³-hybridized carbons (Fsp3) is 0.707. The van der Waals surface area contributed by atoms with Gasteiger partial charge in [-0.15, -0.1) is 0 Å². The molecule has 0 saturated carbocycles. The van der Waals surface area contributed by atoms with E-state index < -0.39 is 0 Å². The van der Waals surface area contributed by atoms with Crippen LogP contribution in [0.25, 0.3) is 11.1 Å². The van der Waals surface area contributed by atoms with Gasteiger partial charge in [0.05, 0.1) is 22.4 Å². The highest BCUT2D eigenvalue weighted by Crippen LogP contribution is 2.56. The molecule has 0 spiro atoms. The summed E-state index contributed by atoms with van der Waals surface area (Å²) in [6.07, 6.45) is 12.3. The average molecular weight is 643 g/mol. The maximum Gasteiger partial charge on any atom is 0.494 e. The Balaban J connectivity index is 1.69. The maximum absolute atomic E-state index is 6.64. The largest absolute Gasteiger partial charge is 0.494 e. The van der Waals surface area contributed by atoms with Crippen LogP contribution in [-0.2, 0) is 24.0 Å². The van der Waals surface area contributed by atoms with Crippen molar-refractivity contribution in [3.05, 3.63) is 47.5 Å². The predicted octanol–water partition coefficient (Wildman–Crippen LogP) is 9.76. The summed E-state index contributed by atoms with van der Waals surface area (Å²) in [5, 5.41) is 0. The summed E-state index contributed by atoms with van der Waals surface area (Å²) in [5.74, 6) is 1.30. The molecule has 0 bridgehead atoms. The molecule has 0 aromatic heterocycles. The first-order valence-corrected chi connectivity index (χ1v) is 19.0. The van der Waals surface area contributed by atoms with Gasteiger partial charge < -0.3 is 18.6 Å². The maximum atomic E-state index is 6.64. The second kappa shape index (κ2) is 13.6. The van der Waals surface area contributed by atoms with Crippen molar-refractivity contribution in [2.75, 3.05) is 0 Å². The molecule has 0 N–H and O–H groups in total. The van der Waals surface area contributed by atoms with Crippen LogP contribution in [0.15, 0.2) is 36.4 Å². The molecule has 1 aliphatic carbocycles. The van der Waals surface area contributed by atoms with E-state index in [9.17, 15) is 0 Å². The van der Waals surface area contributed by atoms with Crippen molar-refractivity contribution in [3.63, 3.8) is 0 Å². The van der Waals surface area contributed by atoms with Crippen molar-refractivity contribution in [3.8, 4) is 11.1 Å². The number of rotatable bonds is 14. The predicted molar refractivity (Wildman–Crippen MR) is 200 cm³/mol. The van der Waals surface area contributed by atoms with E-state index >= 15 is 0 Å². The van der Waals surface area contributed by atoms with Crippen molar-refractivity contribution in [2.45, 2.75) is 175 Å². The number of unbranched alkanes of at least 4 members (excludes halogenated alkanes) is 2. The Morgan fingerprint density at radius 1 is 0.532 bits per heavy atom. The first kappa shape index (κ1) is 36.7. The Morgan fingerprint density at radius 2 is 0.872 bits per heavy atom.